The van der Waals surface area contributed by atoms with Crippen molar-refractivity contribution in [1.29, 1.82) is 0 Å². The van der Waals surface area contributed by atoms with Crippen molar-refractivity contribution in [2.24, 2.45) is 0 Å². The van der Waals surface area contributed by atoms with Crippen LogP contribution in [-0.2, 0) is 0 Å². The number of aromatic carboxylic acids is 1. The average Bonchev–Trinajstić information content (AvgIpc) is 2.45. The number of fused-ring (bicyclic) bond motifs is 1. The molecule has 2 rings (SSSR count). The highest BCUT2D eigenvalue weighted by atomic mass is 16.4. The highest BCUT2D eigenvalue weighted by Gasteiger charge is 2.14. The van der Waals surface area contributed by atoms with Crippen LogP contribution in [0.25, 0.3) is 5.65 Å². The predicted molar refractivity (Wildman–Crippen MR) is 51.6 cm³/mol. The fourth-order valence-electron chi connectivity index (χ4n) is 1.63. The molecule has 4 nitrogen and oxygen atoms in total. The van der Waals surface area contributed by atoms with Crippen LogP contribution in [0.15, 0.2) is 18.2 Å². The molecule has 0 atom stereocenters. The Balaban J connectivity index is 2.87. The maximum absolute atomic E-state index is 10.8. The summed E-state index contributed by atoms with van der Waals surface area (Å²) in [5.41, 5.74) is 2.46. The lowest BCUT2D eigenvalue weighted by atomic mass is 10.3. The molecule has 1 N–H and O–H groups in total. The molecule has 0 spiro atoms. The smallest absolute Gasteiger partial charge is 0.356 e. The third kappa shape index (κ3) is 1.08. The van der Waals surface area contributed by atoms with Gasteiger partial charge in [-0.25, -0.2) is 9.78 Å². The van der Waals surface area contributed by atoms with Crippen molar-refractivity contribution in [3.8, 4) is 0 Å². The van der Waals surface area contributed by atoms with Crippen molar-refractivity contribution in [1.82, 2.24) is 9.38 Å². The standard InChI is InChI=1S/C10H10N2O2/c1-6-4-3-5-8-11-9(10(13)14)7(2)12(6)8/h3-5H,1-2H3,(H,13,14). The third-order valence-corrected chi connectivity index (χ3v) is 2.27. The Hall–Kier alpha value is -1.84. The number of aromatic nitrogens is 2. The molecule has 4 heteroatoms. The second-order valence-corrected chi connectivity index (χ2v) is 3.21. The zero-order valence-electron chi connectivity index (χ0n) is 7.98. The van der Waals surface area contributed by atoms with E-state index in [0.717, 1.165) is 5.69 Å². The number of hydrogen-bond acceptors (Lipinski definition) is 2. The second-order valence-electron chi connectivity index (χ2n) is 3.21. The Morgan fingerprint density at radius 3 is 2.71 bits per heavy atom. The van der Waals surface area contributed by atoms with E-state index in [1.807, 2.05) is 23.5 Å². The van der Waals surface area contributed by atoms with Crippen LogP contribution in [0.4, 0.5) is 0 Å². The van der Waals surface area contributed by atoms with Crippen molar-refractivity contribution in [2.75, 3.05) is 0 Å². The van der Waals surface area contributed by atoms with Crippen LogP contribution in [0.3, 0.4) is 0 Å². The highest BCUT2D eigenvalue weighted by molar-refractivity contribution is 5.87. The lowest BCUT2D eigenvalue weighted by Crippen LogP contribution is -2.00. The fourth-order valence-corrected chi connectivity index (χ4v) is 1.63. The molecule has 0 bridgehead atoms. The van der Waals surface area contributed by atoms with E-state index in [1.165, 1.54) is 0 Å². The van der Waals surface area contributed by atoms with Gasteiger partial charge in [0.15, 0.2) is 5.69 Å². The van der Waals surface area contributed by atoms with E-state index in [9.17, 15) is 4.79 Å². The van der Waals surface area contributed by atoms with E-state index in [-0.39, 0.29) is 5.69 Å². The van der Waals surface area contributed by atoms with Crippen LogP contribution in [0, 0.1) is 13.8 Å². The Morgan fingerprint density at radius 1 is 1.43 bits per heavy atom. The van der Waals surface area contributed by atoms with Gasteiger partial charge in [-0.3, -0.25) is 0 Å². The van der Waals surface area contributed by atoms with Crippen molar-refractivity contribution in [3.63, 3.8) is 0 Å². The molecule has 2 heterocycles. The number of carbonyl (C=O) groups is 1. The number of carboxylic acid groups (broad SMARTS) is 1. The first kappa shape index (κ1) is 8.74. The Morgan fingerprint density at radius 2 is 2.14 bits per heavy atom. The summed E-state index contributed by atoms with van der Waals surface area (Å²) in [6.07, 6.45) is 0. The van der Waals surface area contributed by atoms with E-state index in [2.05, 4.69) is 4.98 Å². The van der Waals surface area contributed by atoms with Gasteiger partial charge in [0.05, 0.1) is 5.69 Å². The lowest BCUT2D eigenvalue weighted by molar-refractivity contribution is 0.0690. The second kappa shape index (κ2) is 2.83. The molecule has 2 aromatic heterocycles. The molecule has 0 fully saturated rings. The molecule has 0 radical (unpaired) electrons. The quantitative estimate of drug-likeness (QED) is 0.743. The first-order valence-electron chi connectivity index (χ1n) is 4.29. The van der Waals surface area contributed by atoms with Crippen LogP contribution < -0.4 is 0 Å². The summed E-state index contributed by atoms with van der Waals surface area (Å²) < 4.78 is 1.84. The molecule has 0 unspecified atom stereocenters. The number of nitrogens with zero attached hydrogens (tertiary/aromatic N) is 2. The third-order valence-electron chi connectivity index (χ3n) is 2.27. The fraction of sp³-hybridized carbons (Fsp3) is 0.200. The van der Waals surface area contributed by atoms with Gasteiger partial charge in [-0.1, -0.05) is 6.07 Å². The van der Waals surface area contributed by atoms with E-state index in [0.29, 0.717) is 11.3 Å². The predicted octanol–water partition coefficient (Wildman–Crippen LogP) is 1.65. The molecule has 0 amide bonds. The minimum atomic E-state index is -0.981. The van der Waals surface area contributed by atoms with Crippen LogP contribution in [0.1, 0.15) is 21.9 Å². The molecule has 0 aromatic carbocycles. The summed E-state index contributed by atoms with van der Waals surface area (Å²) in [5, 5.41) is 8.88. The number of rotatable bonds is 1. The zero-order chi connectivity index (χ0) is 10.3. The SMILES string of the molecule is Cc1cccc2nc(C(=O)O)c(C)n12. The van der Waals surface area contributed by atoms with Gasteiger partial charge in [0.1, 0.15) is 5.65 Å². The molecule has 2 aromatic rings. The molecule has 72 valence electrons. The van der Waals surface area contributed by atoms with Crippen LogP contribution in [0.5, 0.6) is 0 Å². The average molecular weight is 190 g/mol. The first-order valence-corrected chi connectivity index (χ1v) is 4.29. The maximum atomic E-state index is 10.8. The van der Waals surface area contributed by atoms with E-state index < -0.39 is 5.97 Å². The van der Waals surface area contributed by atoms with Gasteiger partial charge < -0.3 is 9.51 Å². The molecule has 0 saturated heterocycles. The van der Waals surface area contributed by atoms with E-state index in [4.69, 9.17) is 5.11 Å². The maximum Gasteiger partial charge on any atom is 0.356 e. The molecule has 0 aliphatic rings. The van der Waals surface area contributed by atoms with Gasteiger partial charge >= 0.3 is 5.97 Å². The molecule has 0 saturated carbocycles. The lowest BCUT2D eigenvalue weighted by Gasteiger charge is -2.00. The molecule has 0 aliphatic carbocycles. The highest BCUT2D eigenvalue weighted by Crippen LogP contribution is 2.13. The van der Waals surface area contributed by atoms with Gasteiger partial charge in [-0.05, 0) is 26.0 Å². The Kier molecular flexibility index (Phi) is 1.77. The van der Waals surface area contributed by atoms with Crippen LogP contribution in [0.2, 0.25) is 0 Å². The van der Waals surface area contributed by atoms with Gasteiger partial charge in [0.25, 0.3) is 0 Å². The molecular formula is C10H10N2O2. The zero-order valence-corrected chi connectivity index (χ0v) is 7.98. The van der Waals surface area contributed by atoms with Crippen LogP contribution >= 0.6 is 0 Å². The summed E-state index contributed by atoms with van der Waals surface area (Å²) in [6.45, 7) is 3.68. The summed E-state index contributed by atoms with van der Waals surface area (Å²) in [7, 11) is 0. The number of imidazole rings is 1. The number of hydrogen-bond donors (Lipinski definition) is 1. The van der Waals surface area contributed by atoms with Gasteiger partial charge in [-0.15, -0.1) is 0 Å². The largest absolute Gasteiger partial charge is 0.476 e. The van der Waals surface area contributed by atoms with Gasteiger partial charge in [0.2, 0.25) is 0 Å². The van der Waals surface area contributed by atoms with Gasteiger partial charge in [-0.2, -0.15) is 0 Å². The topological polar surface area (TPSA) is 54.6 Å². The summed E-state index contributed by atoms with van der Waals surface area (Å²) in [6, 6.07) is 5.59. The molecule has 0 aliphatic heterocycles. The minimum Gasteiger partial charge on any atom is -0.476 e. The number of aryl methyl sites for hydroxylation is 2. The number of pyridine rings is 1. The number of carboxylic acids is 1. The Bertz CT molecular complexity index is 514. The van der Waals surface area contributed by atoms with E-state index in [1.54, 1.807) is 13.0 Å². The van der Waals surface area contributed by atoms with Crippen molar-refractivity contribution in [2.45, 2.75) is 13.8 Å². The van der Waals surface area contributed by atoms with Crippen molar-refractivity contribution in [3.05, 3.63) is 35.3 Å². The molecule has 14 heavy (non-hydrogen) atoms. The Labute approximate surface area is 80.8 Å². The van der Waals surface area contributed by atoms with Crippen molar-refractivity contribution >= 4 is 11.6 Å². The van der Waals surface area contributed by atoms with Gasteiger partial charge in [0, 0.05) is 5.69 Å². The molecular weight excluding hydrogens is 180 g/mol. The summed E-state index contributed by atoms with van der Waals surface area (Å²) >= 11 is 0. The minimum absolute atomic E-state index is 0.124. The summed E-state index contributed by atoms with van der Waals surface area (Å²) in [4.78, 5) is 14.9. The van der Waals surface area contributed by atoms with E-state index >= 15 is 0 Å². The first-order chi connectivity index (χ1) is 6.61. The monoisotopic (exact) mass is 190 g/mol. The van der Waals surface area contributed by atoms with Crippen LogP contribution in [-0.4, -0.2) is 20.5 Å². The summed E-state index contributed by atoms with van der Waals surface area (Å²) in [5.74, 6) is -0.981. The normalized spacial score (nSPS) is 10.7. The van der Waals surface area contributed by atoms with Crippen molar-refractivity contribution < 1.29 is 9.90 Å².